The van der Waals surface area contributed by atoms with Crippen molar-refractivity contribution in [1.29, 1.82) is 0 Å². The van der Waals surface area contributed by atoms with Gasteiger partial charge in [0.05, 0.1) is 24.0 Å². The minimum absolute atomic E-state index is 0.344. The summed E-state index contributed by atoms with van der Waals surface area (Å²) in [5.74, 6) is 2.32. The summed E-state index contributed by atoms with van der Waals surface area (Å²) in [4.78, 5) is 7.84. The molecule has 0 saturated heterocycles. The van der Waals surface area contributed by atoms with Crippen LogP contribution in [0, 0.1) is 5.92 Å². The quantitative estimate of drug-likeness (QED) is 0.878. The van der Waals surface area contributed by atoms with Crippen LogP contribution in [0.1, 0.15) is 32.5 Å². The molecule has 4 nitrogen and oxygen atoms in total. The van der Waals surface area contributed by atoms with E-state index >= 15 is 0 Å². The van der Waals surface area contributed by atoms with Crippen LogP contribution in [0.4, 0.5) is 0 Å². The van der Waals surface area contributed by atoms with E-state index in [0.717, 1.165) is 22.8 Å². The standard InChI is InChI=1S/C16H21N3O/c1-3-20-13-8-4-11(5-9-13)14-10-18-15(19-14)16(2,17)12-6-7-12/h4-5,8-10,12H,3,6-7,17H2,1-2H3,(H,18,19). The highest BCUT2D eigenvalue weighted by atomic mass is 16.5. The number of rotatable bonds is 5. The molecular weight excluding hydrogens is 250 g/mol. The number of nitrogens with two attached hydrogens (primary N) is 1. The number of hydrogen-bond donors (Lipinski definition) is 2. The van der Waals surface area contributed by atoms with Crippen molar-refractivity contribution in [3.8, 4) is 17.0 Å². The average Bonchev–Trinajstić information content (AvgIpc) is 3.18. The van der Waals surface area contributed by atoms with E-state index in [4.69, 9.17) is 10.5 Å². The second-order valence-corrected chi connectivity index (χ2v) is 5.66. The zero-order chi connectivity index (χ0) is 14.2. The molecule has 4 heteroatoms. The van der Waals surface area contributed by atoms with Gasteiger partial charge in [0.25, 0.3) is 0 Å². The van der Waals surface area contributed by atoms with Crippen LogP contribution in [0.3, 0.4) is 0 Å². The normalized spacial score (nSPS) is 17.8. The van der Waals surface area contributed by atoms with Gasteiger partial charge in [-0.1, -0.05) is 0 Å². The lowest BCUT2D eigenvalue weighted by Gasteiger charge is -2.21. The summed E-state index contributed by atoms with van der Waals surface area (Å²) < 4.78 is 5.45. The molecule has 1 aromatic carbocycles. The zero-order valence-corrected chi connectivity index (χ0v) is 12.0. The first-order chi connectivity index (χ1) is 9.61. The molecule has 0 aliphatic heterocycles. The highest BCUT2D eigenvalue weighted by Crippen LogP contribution is 2.43. The van der Waals surface area contributed by atoms with Gasteiger partial charge < -0.3 is 15.5 Å². The first-order valence-corrected chi connectivity index (χ1v) is 7.19. The van der Waals surface area contributed by atoms with Crippen LogP contribution in [-0.4, -0.2) is 16.6 Å². The van der Waals surface area contributed by atoms with E-state index in [0.29, 0.717) is 12.5 Å². The van der Waals surface area contributed by atoms with E-state index in [1.807, 2.05) is 37.4 Å². The lowest BCUT2D eigenvalue weighted by Crippen LogP contribution is -2.36. The fourth-order valence-electron chi connectivity index (χ4n) is 2.52. The third-order valence-corrected chi connectivity index (χ3v) is 3.99. The molecular formula is C16H21N3O. The van der Waals surface area contributed by atoms with Crippen molar-refractivity contribution < 1.29 is 4.74 Å². The van der Waals surface area contributed by atoms with Crippen molar-refractivity contribution in [2.24, 2.45) is 11.7 Å². The number of H-pyrrole nitrogens is 1. The second-order valence-electron chi connectivity index (χ2n) is 5.66. The van der Waals surface area contributed by atoms with Gasteiger partial charge in [0.15, 0.2) is 0 Å². The number of benzene rings is 1. The largest absolute Gasteiger partial charge is 0.494 e. The number of hydrogen-bond acceptors (Lipinski definition) is 3. The van der Waals surface area contributed by atoms with Crippen molar-refractivity contribution in [3.63, 3.8) is 0 Å². The number of nitrogens with one attached hydrogen (secondary N) is 1. The van der Waals surface area contributed by atoms with Gasteiger partial charge in [-0.25, -0.2) is 4.98 Å². The summed E-state index contributed by atoms with van der Waals surface area (Å²) in [5.41, 5.74) is 8.14. The molecule has 2 aromatic rings. The highest BCUT2D eigenvalue weighted by Gasteiger charge is 2.41. The van der Waals surface area contributed by atoms with Gasteiger partial charge in [-0.05, 0) is 62.4 Å². The fraction of sp³-hybridized carbons (Fsp3) is 0.438. The summed E-state index contributed by atoms with van der Waals surface area (Å²) in [6, 6.07) is 8.02. The molecule has 1 aromatic heterocycles. The molecule has 1 heterocycles. The average molecular weight is 271 g/mol. The Morgan fingerprint density at radius 3 is 2.65 bits per heavy atom. The van der Waals surface area contributed by atoms with Crippen molar-refractivity contribution in [2.45, 2.75) is 32.2 Å². The van der Waals surface area contributed by atoms with Gasteiger partial charge in [0.2, 0.25) is 0 Å². The first-order valence-electron chi connectivity index (χ1n) is 7.19. The van der Waals surface area contributed by atoms with Crippen LogP contribution < -0.4 is 10.5 Å². The summed E-state index contributed by atoms with van der Waals surface area (Å²) in [6.45, 7) is 4.72. The highest BCUT2D eigenvalue weighted by molar-refractivity contribution is 5.59. The lowest BCUT2D eigenvalue weighted by atomic mass is 9.97. The van der Waals surface area contributed by atoms with E-state index in [9.17, 15) is 0 Å². The molecule has 0 amide bonds. The Kier molecular flexibility index (Phi) is 3.26. The van der Waals surface area contributed by atoms with Gasteiger partial charge in [0.1, 0.15) is 11.6 Å². The SMILES string of the molecule is CCOc1ccc(-c2cnc(C(C)(N)C3CC3)[nH]2)cc1. The van der Waals surface area contributed by atoms with Gasteiger partial charge in [-0.15, -0.1) is 0 Å². The third-order valence-electron chi connectivity index (χ3n) is 3.99. The summed E-state index contributed by atoms with van der Waals surface area (Å²) >= 11 is 0. The van der Waals surface area contributed by atoms with Crippen LogP contribution in [0.2, 0.25) is 0 Å². The Labute approximate surface area is 119 Å². The van der Waals surface area contributed by atoms with E-state index < -0.39 is 0 Å². The van der Waals surface area contributed by atoms with E-state index in [2.05, 4.69) is 16.9 Å². The first kappa shape index (κ1) is 13.2. The number of nitrogens with zero attached hydrogens (tertiary/aromatic N) is 1. The molecule has 3 rings (SSSR count). The van der Waals surface area contributed by atoms with E-state index in [-0.39, 0.29) is 5.54 Å². The predicted octanol–water partition coefficient (Wildman–Crippen LogP) is 3.06. The van der Waals surface area contributed by atoms with Gasteiger partial charge in [0, 0.05) is 0 Å². The number of aromatic nitrogens is 2. The van der Waals surface area contributed by atoms with Crippen LogP contribution in [0.25, 0.3) is 11.3 Å². The van der Waals surface area contributed by atoms with Crippen molar-refractivity contribution >= 4 is 0 Å². The molecule has 106 valence electrons. The molecule has 1 aliphatic carbocycles. The Morgan fingerprint density at radius 2 is 2.05 bits per heavy atom. The van der Waals surface area contributed by atoms with Crippen LogP contribution in [0.5, 0.6) is 5.75 Å². The Morgan fingerprint density at radius 1 is 1.35 bits per heavy atom. The molecule has 0 spiro atoms. The van der Waals surface area contributed by atoms with Crippen molar-refractivity contribution in [3.05, 3.63) is 36.3 Å². The van der Waals surface area contributed by atoms with Gasteiger partial charge in [-0.3, -0.25) is 0 Å². The second kappa shape index (κ2) is 4.94. The molecule has 1 aliphatic rings. The Bertz CT molecular complexity index is 582. The molecule has 3 N–H and O–H groups in total. The molecule has 1 unspecified atom stereocenters. The minimum Gasteiger partial charge on any atom is -0.494 e. The topological polar surface area (TPSA) is 63.9 Å². The zero-order valence-electron chi connectivity index (χ0n) is 12.0. The van der Waals surface area contributed by atoms with Crippen molar-refractivity contribution in [1.82, 2.24) is 9.97 Å². The predicted molar refractivity (Wildman–Crippen MR) is 79.5 cm³/mol. The summed E-state index contributed by atoms with van der Waals surface area (Å²) in [6.07, 6.45) is 4.26. The van der Waals surface area contributed by atoms with E-state index in [1.165, 1.54) is 12.8 Å². The van der Waals surface area contributed by atoms with Gasteiger partial charge in [-0.2, -0.15) is 0 Å². The Hall–Kier alpha value is -1.81. The number of aromatic amines is 1. The van der Waals surface area contributed by atoms with E-state index in [1.54, 1.807) is 0 Å². The molecule has 1 saturated carbocycles. The van der Waals surface area contributed by atoms with Crippen LogP contribution >= 0.6 is 0 Å². The maximum absolute atomic E-state index is 6.38. The molecule has 1 atom stereocenters. The van der Waals surface area contributed by atoms with Crippen LogP contribution in [-0.2, 0) is 5.54 Å². The maximum Gasteiger partial charge on any atom is 0.126 e. The molecule has 0 radical (unpaired) electrons. The molecule has 20 heavy (non-hydrogen) atoms. The lowest BCUT2D eigenvalue weighted by molar-refractivity contribution is 0.340. The molecule has 1 fully saturated rings. The maximum atomic E-state index is 6.38. The number of ether oxygens (including phenoxy) is 1. The summed E-state index contributed by atoms with van der Waals surface area (Å²) in [7, 11) is 0. The third kappa shape index (κ3) is 2.43. The van der Waals surface area contributed by atoms with Crippen LogP contribution in [0.15, 0.2) is 30.5 Å². The Balaban J connectivity index is 1.82. The minimum atomic E-state index is -0.344. The smallest absolute Gasteiger partial charge is 0.126 e. The molecule has 0 bridgehead atoms. The monoisotopic (exact) mass is 271 g/mol. The summed E-state index contributed by atoms with van der Waals surface area (Å²) in [5, 5.41) is 0. The number of imidazole rings is 1. The fourth-order valence-corrected chi connectivity index (χ4v) is 2.52. The van der Waals surface area contributed by atoms with Gasteiger partial charge >= 0.3 is 0 Å². The van der Waals surface area contributed by atoms with Crippen molar-refractivity contribution in [2.75, 3.05) is 6.61 Å².